The fourth-order valence-electron chi connectivity index (χ4n) is 4.54. The number of rotatable bonds is 8. The van der Waals surface area contributed by atoms with E-state index in [4.69, 9.17) is 9.47 Å². The Morgan fingerprint density at radius 1 is 1.19 bits per heavy atom. The number of benzene rings is 1. The number of hydrogen-bond acceptors (Lipinski definition) is 4. The summed E-state index contributed by atoms with van der Waals surface area (Å²) in [4.78, 5) is 13.0. The molecule has 0 radical (unpaired) electrons. The van der Waals surface area contributed by atoms with E-state index in [-0.39, 0.29) is 36.2 Å². The Hall–Kier alpha value is -2.06. The number of nitrogens with one attached hydrogen (secondary N) is 1. The Morgan fingerprint density at radius 3 is 2.47 bits per heavy atom. The van der Waals surface area contributed by atoms with E-state index in [0.717, 1.165) is 37.8 Å². The summed E-state index contributed by atoms with van der Waals surface area (Å²) in [6, 6.07) is 5.10. The molecule has 1 aliphatic heterocycles. The van der Waals surface area contributed by atoms with Crippen LogP contribution in [0.1, 0.15) is 68.9 Å². The highest BCUT2D eigenvalue weighted by Gasteiger charge is 2.38. The Bertz CT molecular complexity index is 772. The number of amides is 1. The summed E-state index contributed by atoms with van der Waals surface area (Å²) in [6.07, 6.45) is 2.75. The fraction of sp³-hybridized carbons (Fsp3) is 0.625. The monoisotopic (exact) mass is 455 g/mol. The number of alkyl halides is 3. The molecule has 0 aromatic heterocycles. The van der Waals surface area contributed by atoms with Crippen LogP contribution >= 0.6 is 0 Å². The van der Waals surface area contributed by atoms with E-state index in [9.17, 15) is 23.1 Å². The second-order valence-electron chi connectivity index (χ2n) is 8.46. The zero-order valence-corrected chi connectivity index (χ0v) is 18.4. The molecule has 1 aromatic rings. The van der Waals surface area contributed by atoms with E-state index in [2.05, 4.69) is 5.32 Å². The molecule has 0 unspecified atom stereocenters. The van der Waals surface area contributed by atoms with E-state index in [1.807, 2.05) is 6.92 Å². The minimum atomic E-state index is -4.42. The van der Waals surface area contributed by atoms with Crippen molar-refractivity contribution in [1.82, 2.24) is 5.32 Å². The third-order valence-electron chi connectivity index (χ3n) is 6.20. The van der Waals surface area contributed by atoms with Crippen molar-refractivity contribution in [1.29, 1.82) is 0 Å². The van der Waals surface area contributed by atoms with Gasteiger partial charge >= 0.3 is 6.18 Å². The molecule has 2 aliphatic rings. The number of carbonyl (C=O) groups excluding carboxylic acids is 1. The van der Waals surface area contributed by atoms with Gasteiger partial charge in [-0.15, -0.1) is 0 Å². The Morgan fingerprint density at radius 2 is 1.88 bits per heavy atom. The molecule has 3 rings (SSSR count). The van der Waals surface area contributed by atoms with Crippen LogP contribution < -0.4 is 5.32 Å². The Balaban J connectivity index is 1.89. The number of carbonyl (C=O) groups is 1. The number of aliphatic hydroxyl groups excluding tert-OH is 1. The summed E-state index contributed by atoms with van der Waals surface area (Å²) >= 11 is 0. The quantitative estimate of drug-likeness (QED) is 0.585. The number of hydrogen-bond donors (Lipinski definition) is 2. The summed E-state index contributed by atoms with van der Waals surface area (Å²) in [5, 5.41) is 12.4. The zero-order valence-electron chi connectivity index (χ0n) is 18.4. The first-order valence-electron chi connectivity index (χ1n) is 11.4. The average Bonchev–Trinajstić information content (AvgIpc) is 2.78. The molecule has 1 amide bonds. The summed E-state index contributed by atoms with van der Waals surface area (Å²) in [7, 11) is 0. The topological polar surface area (TPSA) is 67.8 Å². The molecule has 3 atom stereocenters. The van der Waals surface area contributed by atoms with Gasteiger partial charge in [0.2, 0.25) is 6.29 Å². The molecule has 2 N–H and O–H groups in total. The zero-order chi connectivity index (χ0) is 23.1. The van der Waals surface area contributed by atoms with Gasteiger partial charge in [0.15, 0.2) is 5.76 Å². The van der Waals surface area contributed by atoms with Gasteiger partial charge in [-0.05, 0) is 56.4 Å². The molecular weight excluding hydrogens is 423 g/mol. The van der Waals surface area contributed by atoms with Crippen molar-refractivity contribution < 1.29 is 32.5 Å². The van der Waals surface area contributed by atoms with Gasteiger partial charge in [0, 0.05) is 31.1 Å². The van der Waals surface area contributed by atoms with Crippen LogP contribution in [0.3, 0.4) is 0 Å². The maximum atomic E-state index is 13.0. The second-order valence-corrected chi connectivity index (χ2v) is 8.46. The molecule has 1 heterocycles. The normalized spacial score (nSPS) is 24.5. The minimum absolute atomic E-state index is 0.0200. The Kier molecular flexibility index (Phi) is 8.59. The van der Waals surface area contributed by atoms with Crippen molar-refractivity contribution in [3.63, 3.8) is 0 Å². The van der Waals surface area contributed by atoms with Gasteiger partial charge in [-0.25, -0.2) is 0 Å². The third kappa shape index (κ3) is 6.25. The molecular formula is C24H32F3NO4. The number of aliphatic hydroxyl groups is 1. The van der Waals surface area contributed by atoms with Gasteiger partial charge < -0.3 is 19.9 Å². The lowest BCUT2D eigenvalue weighted by Crippen LogP contribution is -2.42. The second kappa shape index (κ2) is 11.2. The smallest absolute Gasteiger partial charge is 0.416 e. The third-order valence-corrected chi connectivity index (χ3v) is 6.20. The first kappa shape index (κ1) is 24.6. The average molecular weight is 456 g/mol. The van der Waals surface area contributed by atoms with E-state index >= 15 is 0 Å². The standard InChI is InChI=1S/C24H32F3NO4/c1-2-31-23-19(9-6-14-29)20(16-10-12-17(13-11-16)24(25,26)27)15-21(32-23)22(30)28-18-7-4-3-5-8-18/h10-13,15,18-20,23,29H,2-9,14H2,1H3,(H,28,30)/t19-,20-,23-/m0/s1. The largest absolute Gasteiger partial charge is 0.459 e. The fourth-order valence-corrected chi connectivity index (χ4v) is 4.54. The summed E-state index contributed by atoms with van der Waals surface area (Å²) in [6.45, 7) is 2.16. The molecule has 0 bridgehead atoms. The number of ether oxygens (including phenoxy) is 2. The van der Waals surface area contributed by atoms with Crippen LogP contribution in [-0.4, -0.2) is 36.6 Å². The van der Waals surface area contributed by atoms with Crippen LogP contribution in [0.15, 0.2) is 36.1 Å². The van der Waals surface area contributed by atoms with Crippen molar-refractivity contribution in [3.8, 4) is 0 Å². The van der Waals surface area contributed by atoms with Crippen LogP contribution in [0.25, 0.3) is 0 Å². The van der Waals surface area contributed by atoms with E-state index in [0.29, 0.717) is 25.0 Å². The van der Waals surface area contributed by atoms with E-state index in [1.54, 1.807) is 6.08 Å². The summed E-state index contributed by atoms with van der Waals surface area (Å²) in [5.74, 6) is -0.801. The maximum Gasteiger partial charge on any atom is 0.416 e. The summed E-state index contributed by atoms with van der Waals surface area (Å²) in [5.41, 5.74) is -0.0715. The highest BCUT2D eigenvalue weighted by molar-refractivity contribution is 5.92. The number of allylic oxidation sites excluding steroid dienone is 1. The van der Waals surface area contributed by atoms with Gasteiger partial charge in [0.05, 0.1) is 5.56 Å². The maximum absolute atomic E-state index is 13.0. The van der Waals surface area contributed by atoms with Crippen LogP contribution in [0.2, 0.25) is 0 Å². The van der Waals surface area contributed by atoms with E-state index in [1.165, 1.54) is 18.6 Å². The van der Waals surface area contributed by atoms with Gasteiger partial charge in [0.25, 0.3) is 5.91 Å². The van der Waals surface area contributed by atoms with Crippen LogP contribution in [-0.2, 0) is 20.4 Å². The lowest BCUT2D eigenvalue weighted by atomic mass is 9.80. The lowest BCUT2D eigenvalue weighted by Gasteiger charge is -2.37. The first-order valence-corrected chi connectivity index (χ1v) is 11.4. The van der Waals surface area contributed by atoms with Crippen LogP contribution in [0.5, 0.6) is 0 Å². The van der Waals surface area contributed by atoms with Crippen molar-refractivity contribution in [2.45, 2.75) is 76.3 Å². The molecule has 5 nitrogen and oxygen atoms in total. The Labute approximate surface area is 187 Å². The first-order chi connectivity index (χ1) is 15.3. The van der Waals surface area contributed by atoms with Crippen LogP contribution in [0.4, 0.5) is 13.2 Å². The molecule has 0 spiro atoms. The minimum Gasteiger partial charge on any atom is -0.459 e. The molecule has 8 heteroatoms. The molecule has 1 aliphatic carbocycles. The highest BCUT2D eigenvalue weighted by Crippen LogP contribution is 2.40. The molecule has 0 saturated heterocycles. The van der Waals surface area contributed by atoms with Crippen molar-refractivity contribution in [2.75, 3.05) is 13.2 Å². The van der Waals surface area contributed by atoms with Gasteiger partial charge in [-0.1, -0.05) is 31.4 Å². The molecule has 32 heavy (non-hydrogen) atoms. The van der Waals surface area contributed by atoms with Crippen molar-refractivity contribution in [2.24, 2.45) is 5.92 Å². The molecule has 178 valence electrons. The molecule has 1 aromatic carbocycles. The van der Waals surface area contributed by atoms with Gasteiger partial charge in [-0.2, -0.15) is 13.2 Å². The summed E-state index contributed by atoms with van der Waals surface area (Å²) < 4.78 is 50.8. The van der Waals surface area contributed by atoms with Crippen molar-refractivity contribution in [3.05, 3.63) is 47.2 Å². The molecule has 1 saturated carbocycles. The highest BCUT2D eigenvalue weighted by atomic mass is 19.4. The van der Waals surface area contributed by atoms with Crippen molar-refractivity contribution >= 4 is 5.91 Å². The van der Waals surface area contributed by atoms with Gasteiger partial charge in [0.1, 0.15) is 0 Å². The predicted molar refractivity (Wildman–Crippen MR) is 114 cm³/mol. The van der Waals surface area contributed by atoms with Crippen LogP contribution in [0, 0.1) is 5.92 Å². The van der Waals surface area contributed by atoms with E-state index < -0.39 is 18.0 Å². The lowest BCUT2D eigenvalue weighted by molar-refractivity contribution is -0.166. The SMILES string of the molecule is CCO[C@H]1OC(C(=O)NC2CCCCC2)=C[C@@H](c2ccc(C(F)(F)F)cc2)[C@@H]1CCCO. The predicted octanol–water partition coefficient (Wildman–Crippen LogP) is 4.90. The number of halogens is 3. The van der Waals surface area contributed by atoms with Gasteiger partial charge in [-0.3, -0.25) is 4.79 Å². The molecule has 1 fully saturated rings.